The van der Waals surface area contributed by atoms with Crippen molar-refractivity contribution in [1.82, 2.24) is 9.78 Å². The Morgan fingerprint density at radius 3 is 1.91 bits per heavy atom. The molecule has 1 aromatic heterocycles. The zero-order chi connectivity index (χ0) is 16.2. The average molecular weight is 304 g/mol. The molecule has 23 heavy (non-hydrogen) atoms. The number of carbonyl (C=O) groups is 1. The van der Waals surface area contributed by atoms with Crippen LogP contribution in [-0.2, 0) is 0 Å². The van der Waals surface area contributed by atoms with Gasteiger partial charge in [0, 0.05) is 18.0 Å². The summed E-state index contributed by atoms with van der Waals surface area (Å²) in [4.78, 5) is 12.7. The summed E-state index contributed by atoms with van der Waals surface area (Å²) in [6.45, 7) is 3.82. The van der Waals surface area contributed by atoms with Gasteiger partial charge in [-0.05, 0) is 31.0 Å². The zero-order valence-corrected chi connectivity index (χ0v) is 13.4. The smallest absolute Gasteiger partial charge is 0.248 e. The zero-order valence-electron chi connectivity index (χ0n) is 13.4. The normalized spacial score (nSPS) is 10.9. The summed E-state index contributed by atoms with van der Waals surface area (Å²) in [6.07, 6.45) is 0.399. The fourth-order valence-corrected chi connectivity index (χ4v) is 2.94. The monoisotopic (exact) mass is 304 g/mol. The fraction of sp³-hybridized carbons (Fsp3) is 0.200. The Balaban J connectivity index is 1.93. The fourth-order valence-electron chi connectivity index (χ4n) is 2.94. The Kier molecular flexibility index (Phi) is 4.38. The summed E-state index contributed by atoms with van der Waals surface area (Å²) in [5, 5.41) is 4.32. The molecule has 0 aliphatic heterocycles. The number of carbonyl (C=O) groups excluding carboxylic acids is 1. The van der Waals surface area contributed by atoms with E-state index in [0.29, 0.717) is 6.42 Å². The lowest BCUT2D eigenvalue weighted by Crippen LogP contribution is -2.18. The van der Waals surface area contributed by atoms with Gasteiger partial charge < -0.3 is 0 Å². The van der Waals surface area contributed by atoms with Gasteiger partial charge in [0.25, 0.3) is 0 Å². The number of aromatic nitrogens is 2. The van der Waals surface area contributed by atoms with Crippen LogP contribution < -0.4 is 0 Å². The number of aryl methyl sites for hydroxylation is 2. The molecule has 1 heterocycles. The quantitative estimate of drug-likeness (QED) is 0.717. The lowest BCUT2D eigenvalue weighted by Gasteiger charge is -2.17. The summed E-state index contributed by atoms with van der Waals surface area (Å²) in [5.74, 6) is 0.0575. The summed E-state index contributed by atoms with van der Waals surface area (Å²) in [6, 6.07) is 22.3. The van der Waals surface area contributed by atoms with Crippen LogP contribution in [0.2, 0.25) is 0 Å². The predicted molar refractivity (Wildman–Crippen MR) is 91.7 cm³/mol. The molecule has 0 saturated heterocycles. The standard InChI is InChI=1S/C20H20N2O/c1-15-13-16(2)22(21-15)20(23)14-19(17-9-5-3-6-10-17)18-11-7-4-8-12-18/h3-13,19H,14H2,1-2H3. The molecule has 3 heteroatoms. The van der Waals surface area contributed by atoms with Gasteiger partial charge in [-0.15, -0.1) is 0 Å². The lowest BCUT2D eigenvalue weighted by molar-refractivity contribution is 0.0878. The molecule has 0 radical (unpaired) electrons. The minimum atomic E-state index is 0.0216. The van der Waals surface area contributed by atoms with Gasteiger partial charge in [0.15, 0.2) is 0 Å². The summed E-state index contributed by atoms with van der Waals surface area (Å²) >= 11 is 0. The maximum atomic E-state index is 12.7. The number of nitrogens with zero attached hydrogens (tertiary/aromatic N) is 2. The van der Waals surface area contributed by atoms with Crippen molar-refractivity contribution >= 4 is 5.91 Å². The van der Waals surface area contributed by atoms with Crippen LogP contribution in [0.3, 0.4) is 0 Å². The molecule has 3 rings (SSSR count). The van der Waals surface area contributed by atoms with Gasteiger partial charge in [-0.1, -0.05) is 60.7 Å². The maximum Gasteiger partial charge on any atom is 0.248 e. The first-order valence-corrected chi connectivity index (χ1v) is 7.81. The second-order valence-corrected chi connectivity index (χ2v) is 5.81. The average Bonchev–Trinajstić information content (AvgIpc) is 2.92. The molecular formula is C20H20N2O. The largest absolute Gasteiger partial charge is 0.273 e. The Labute approximate surface area is 136 Å². The molecule has 0 fully saturated rings. The van der Waals surface area contributed by atoms with Crippen molar-refractivity contribution in [1.29, 1.82) is 0 Å². The van der Waals surface area contributed by atoms with E-state index < -0.39 is 0 Å². The van der Waals surface area contributed by atoms with Crippen molar-refractivity contribution in [3.63, 3.8) is 0 Å². The van der Waals surface area contributed by atoms with Crippen LogP contribution >= 0.6 is 0 Å². The molecule has 0 amide bonds. The summed E-state index contributed by atoms with van der Waals surface area (Å²) in [7, 11) is 0. The van der Waals surface area contributed by atoms with E-state index in [0.717, 1.165) is 22.5 Å². The molecule has 0 unspecified atom stereocenters. The van der Waals surface area contributed by atoms with Crippen LogP contribution in [0, 0.1) is 13.8 Å². The third-order valence-corrected chi connectivity index (χ3v) is 4.03. The number of rotatable bonds is 4. The van der Waals surface area contributed by atoms with Gasteiger partial charge >= 0.3 is 0 Å². The van der Waals surface area contributed by atoms with Crippen molar-refractivity contribution in [3.8, 4) is 0 Å². The van der Waals surface area contributed by atoms with Gasteiger partial charge in [0.1, 0.15) is 0 Å². The molecule has 0 aliphatic carbocycles. The van der Waals surface area contributed by atoms with E-state index in [9.17, 15) is 4.79 Å². The van der Waals surface area contributed by atoms with Gasteiger partial charge in [0.05, 0.1) is 5.69 Å². The third kappa shape index (κ3) is 3.39. The highest BCUT2D eigenvalue weighted by molar-refractivity contribution is 5.80. The van der Waals surface area contributed by atoms with Crippen molar-refractivity contribution in [3.05, 3.63) is 89.2 Å². The topological polar surface area (TPSA) is 34.9 Å². The molecule has 3 nitrogen and oxygen atoms in total. The van der Waals surface area contributed by atoms with E-state index in [1.807, 2.05) is 56.3 Å². The van der Waals surface area contributed by atoms with Gasteiger partial charge in [-0.25, -0.2) is 4.68 Å². The molecule has 3 aromatic rings. The van der Waals surface area contributed by atoms with Gasteiger partial charge in [-0.3, -0.25) is 4.79 Å². The van der Waals surface area contributed by atoms with Crippen molar-refractivity contribution < 1.29 is 4.79 Å². The Morgan fingerprint density at radius 1 is 0.957 bits per heavy atom. The molecule has 0 spiro atoms. The molecular weight excluding hydrogens is 284 g/mol. The molecule has 0 atom stereocenters. The minimum absolute atomic E-state index is 0.0216. The first-order chi connectivity index (χ1) is 11.1. The molecule has 2 aromatic carbocycles. The second-order valence-electron chi connectivity index (χ2n) is 5.81. The molecule has 116 valence electrons. The predicted octanol–water partition coefficient (Wildman–Crippen LogP) is 4.36. The van der Waals surface area contributed by atoms with E-state index >= 15 is 0 Å². The summed E-state index contributed by atoms with van der Waals surface area (Å²) < 4.78 is 1.52. The number of hydrogen-bond acceptors (Lipinski definition) is 2. The third-order valence-electron chi connectivity index (χ3n) is 4.03. The highest BCUT2D eigenvalue weighted by Crippen LogP contribution is 2.28. The number of benzene rings is 2. The van der Waals surface area contributed by atoms with E-state index in [1.54, 1.807) is 0 Å². The van der Waals surface area contributed by atoms with Crippen LogP contribution in [0.4, 0.5) is 0 Å². The van der Waals surface area contributed by atoms with E-state index in [1.165, 1.54) is 4.68 Å². The second kappa shape index (κ2) is 6.61. The Bertz CT molecular complexity index is 752. The minimum Gasteiger partial charge on any atom is -0.273 e. The van der Waals surface area contributed by atoms with Crippen LogP contribution in [0.5, 0.6) is 0 Å². The Morgan fingerprint density at radius 2 is 1.48 bits per heavy atom. The van der Waals surface area contributed by atoms with Crippen LogP contribution in [0.1, 0.15) is 39.6 Å². The first kappa shape index (κ1) is 15.2. The molecule has 0 aliphatic rings. The van der Waals surface area contributed by atoms with Crippen molar-refractivity contribution in [2.75, 3.05) is 0 Å². The molecule has 0 saturated carbocycles. The van der Waals surface area contributed by atoms with Crippen LogP contribution in [0.15, 0.2) is 66.7 Å². The highest BCUT2D eigenvalue weighted by atomic mass is 16.2. The summed E-state index contributed by atoms with van der Waals surface area (Å²) in [5.41, 5.74) is 4.04. The lowest BCUT2D eigenvalue weighted by atomic mass is 9.88. The SMILES string of the molecule is Cc1cc(C)n(C(=O)CC(c2ccccc2)c2ccccc2)n1. The van der Waals surface area contributed by atoms with Crippen LogP contribution in [0.25, 0.3) is 0 Å². The van der Waals surface area contributed by atoms with E-state index in [2.05, 4.69) is 29.4 Å². The first-order valence-electron chi connectivity index (χ1n) is 7.81. The maximum absolute atomic E-state index is 12.7. The van der Waals surface area contributed by atoms with Crippen molar-refractivity contribution in [2.45, 2.75) is 26.2 Å². The van der Waals surface area contributed by atoms with E-state index in [4.69, 9.17) is 0 Å². The Hall–Kier alpha value is -2.68. The molecule has 0 N–H and O–H groups in total. The van der Waals surface area contributed by atoms with E-state index in [-0.39, 0.29) is 11.8 Å². The molecule has 0 bridgehead atoms. The number of hydrogen-bond donors (Lipinski definition) is 0. The van der Waals surface area contributed by atoms with Crippen LogP contribution in [-0.4, -0.2) is 15.7 Å². The highest BCUT2D eigenvalue weighted by Gasteiger charge is 2.20. The van der Waals surface area contributed by atoms with Crippen molar-refractivity contribution in [2.24, 2.45) is 0 Å². The van der Waals surface area contributed by atoms with Gasteiger partial charge in [-0.2, -0.15) is 5.10 Å². The van der Waals surface area contributed by atoms with Gasteiger partial charge in [0.2, 0.25) is 5.91 Å².